The van der Waals surface area contributed by atoms with Crippen LogP contribution in [0.4, 0.5) is 0 Å². The first kappa shape index (κ1) is 26.6. The summed E-state index contributed by atoms with van der Waals surface area (Å²) in [6.45, 7) is 2.20. The fourth-order valence-electron chi connectivity index (χ4n) is 3.11. The van der Waals surface area contributed by atoms with E-state index in [2.05, 4.69) is 6.92 Å². The number of benzene rings is 2. The Balaban J connectivity index is 0.00000420. The van der Waals surface area contributed by atoms with Crippen molar-refractivity contribution in [3.05, 3.63) is 48.0 Å². The summed E-state index contributed by atoms with van der Waals surface area (Å²) >= 11 is 0. The molecular weight excluding hydrogens is 415 g/mol. The van der Waals surface area contributed by atoms with Gasteiger partial charge in [-0.25, -0.2) is 0 Å². The van der Waals surface area contributed by atoms with Crippen molar-refractivity contribution in [3.8, 4) is 17.2 Å². The zero-order valence-corrected chi connectivity index (χ0v) is 21.3. The quantitative estimate of drug-likeness (QED) is 0.309. The van der Waals surface area contributed by atoms with E-state index in [9.17, 15) is 18.1 Å². The molecule has 2 aromatic rings. The summed E-state index contributed by atoms with van der Waals surface area (Å²) in [5.74, 6) is 0.400. The molecule has 0 radical (unpaired) electrons. The summed E-state index contributed by atoms with van der Waals surface area (Å²) in [5.41, 5.74) is 0.671. The topological polar surface area (TPSA) is 86.7 Å². The van der Waals surface area contributed by atoms with Crippen molar-refractivity contribution in [2.24, 2.45) is 0 Å². The van der Waals surface area contributed by atoms with Crippen molar-refractivity contribution in [3.63, 3.8) is 0 Å². The van der Waals surface area contributed by atoms with Gasteiger partial charge in [0, 0.05) is 0 Å². The summed E-state index contributed by atoms with van der Waals surface area (Å²) in [5, 5.41) is 11.9. The molecule has 5 nitrogen and oxygen atoms in total. The van der Waals surface area contributed by atoms with Crippen molar-refractivity contribution in [1.82, 2.24) is 0 Å². The van der Waals surface area contributed by atoms with Gasteiger partial charge in [0.2, 0.25) is 0 Å². The van der Waals surface area contributed by atoms with Gasteiger partial charge in [0.15, 0.2) is 0 Å². The minimum Gasteiger partial charge on any atom is -0.870 e. The van der Waals surface area contributed by atoms with Crippen molar-refractivity contribution < 1.29 is 74.2 Å². The molecule has 0 saturated carbocycles. The van der Waals surface area contributed by atoms with Crippen molar-refractivity contribution in [2.45, 2.75) is 69.6 Å². The summed E-state index contributed by atoms with van der Waals surface area (Å²) in [6, 6.07) is 10.6. The molecule has 7 heteroatoms. The van der Waals surface area contributed by atoms with Crippen LogP contribution in [-0.4, -0.2) is 13.0 Å². The molecule has 0 aliphatic carbocycles. The number of aryl methyl sites for hydroxylation is 1. The second-order valence-electron chi connectivity index (χ2n) is 7.02. The first-order valence-electron chi connectivity index (χ1n) is 9.96. The Morgan fingerprint density at radius 3 is 2.14 bits per heavy atom. The Hall–Kier alpha value is -0.414. The van der Waals surface area contributed by atoms with Crippen molar-refractivity contribution >= 4 is 10.1 Å². The van der Waals surface area contributed by atoms with E-state index in [1.54, 1.807) is 18.2 Å². The average molecular weight is 445 g/mol. The molecule has 1 N–H and O–H groups in total. The van der Waals surface area contributed by atoms with Crippen LogP contribution in [0.3, 0.4) is 0 Å². The molecule has 2 rings (SSSR count). The van der Waals surface area contributed by atoms with Gasteiger partial charge in [0.05, 0.1) is 4.90 Å². The Morgan fingerprint density at radius 1 is 0.897 bits per heavy atom. The Kier molecular flexibility index (Phi) is 12.7. The van der Waals surface area contributed by atoms with Gasteiger partial charge < -0.3 is 9.84 Å². The molecule has 0 amide bonds. The van der Waals surface area contributed by atoms with Gasteiger partial charge in [0.25, 0.3) is 10.1 Å². The minimum absolute atomic E-state index is 0. The molecule has 0 atom stereocenters. The monoisotopic (exact) mass is 444 g/mol. The van der Waals surface area contributed by atoms with Crippen LogP contribution in [0.25, 0.3) is 0 Å². The number of hydrogen-bond acceptors (Lipinski definition) is 4. The summed E-state index contributed by atoms with van der Waals surface area (Å²) in [6.07, 6.45) is 9.94. The molecule has 0 fully saturated rings. The van der Waals surface area contributed by atoms with E-state index in [-0.39, 0.29) is 67.8 Å². The molecule has 154 valence electrons. The first-order chi connectivity index (χ1) is 13.4. The normalized spacial score (nSPS) is 11.1. The minimum atomic E-state index is -4.29. The molecule has 0 aliphatic heterocycles. The fraction of sp³-hybridized carbons (Fsp3) is 0.455. The summed E-state index contributed by atoms with van der Waals surface area (Å²) < 4.78 is 38.0. The van der Waals surface area contributed by atoms with Gasteiger partial charge in [-0.05, 0) is 42.7 Å². The zero-order valence-electron chi connectivity index (χ0n) is 17.4. The van der Waals surface area contributed by atoms with E-state index >= 15 is 0 Å². The maximum Gasteiger partial charge on any atom is 1.00 e. The van der Waals surface area contributed by atoms with Crippen LogP contribution in [0, 0.1) is 0 Å². The van der Waals surface area contributed by atoms with E-state index < -0.39 is 10.1 Å². The summed E-state index contributed by atoms with van der Waals surface area (Å²) in [7, 11) is -4.29. The van der Waals surface area contributed by atoms with Crippen LogP contribution in [0.2, 0.25) is 0 Å². The maximum absolute atomic E-state index is 11.9. The standard InChI is InChI=1S/C22H30O5S.K/c1-2-3-4-5-6-7-8-9-12-18-17-19(28(24,25)26)15-16-21(18)27-22-14-11-10-13-20(22)23;/h10-11,13-17,23H,2-9,12H2,1H3,(H,24,25,26);/q;+1/p-1. The maximum atomic E-state index is 11.9. The molecule has 0 heterocycles. The van der Waals surface area contributed by atoms with Crippen LogP contribution >= 0.6 is 0 Å². The van der Waals surface area contributed by atoms with Gasteiger partial charge in [-0.1, -0.05) is 75.8 Å². The molecule has 0 bridgehead atoms. The molecule has 0 unspecified atom stereocenters. The fourth-order valence-corrected chi connectivity index (χ4v) is 3.64. The van der Waals surface area contributed by atoms with E-state index in [1.165, 1.54) is 56.4 Å². The number of rotatable bonds is 12. The largest absolute Gasteiger partial charge is 1.00 e. The molecule has 0 aliphatic rings. The van der Waals surface area contributed by atoms with Gasteiger partial charge in [-0.3, -0.25) is 4.55 Å². The third-order valence-corrected chi connectivity index (χ3v) is 5.55. The second-order valence-corrected chi connectivity index (χ2v) is 8.44. The molecular formula is C22H29KO5S. The Morgan fingerprint density at radius 2 is 1.52 bits per heavy atom. The van der Waals surface area contributed by atoms with Gasteiger partial charge in [-0.15, -0.1) is 0 Å². The van der Waals surface area contributed by atoms with Crippen LogP contribution in [0.15, 0.2) is 47.4 Å². The van der Waals surface area contributed by atoms with Crippen LogP contribution < -0.4 is 61.2 Å². The zero-order chi connectivity index (χ0) is 20.4. The Bertz CT molecular complexity index is 852. The third-order valence-electron chi connectivity index (χ3n) is 4.70. The van der Waals surface area contributed by atoms with Crippen LogP contribution in [-0.2, 0) is 16.5 Å². The van der Waals surface area contributed by atoms with Crippen LogP contribution in [0.5, 0.6) is 17.2 Å². The Labute approximate surface area is 217 Å². The average Bonchev–Trinajstić information content (AvgIpc) is 2.66. The number of ether oxygens (including phenoxy) is 1. The molecule has 29 heavy (non-hydrogen) atoms. The second kappa shape index (κ2) is 13.8. The van der Waals surface area contributed by atoms with E-state index in [4.69, 9.17) is 4.74 Å². The van der Waals surface area contributed by atoms with Crippen molar-refractivity contribution in [2.75, 3.05) is 0 Å². The SMILES string of the molecule is CCCCCCCCCCc1cc(S(=O)(=O)O)ccc1Oc1ccccc1[O-].[K+]. The number of unbranched alkanes of at least 4 members (excludes halogenated alkanes) is 7. The summed E-state index contributed by atoms with van der Waals surface area (Å²) in [4.78, 5) is -0.162. The van der Waals surface area contributed by atoms with Gasteiger partial charge >= 0.3 is 51.4 Å². The van der Waals surface area contributed by atoms with E-state index in [1.807, 2.05) is 0 Å². The van der Waals surface area contributed by atoms with Crippen LogP contribution in [0.1, 0.15) is 63.9 Å². The molecule has 0 aromatic heterocycles. The van der Waals surface area contributed by atoms with Crippen molar-refractivity contribution in [1.29, 1.82) is 0 Å². The number of para-hydroxylation sites is 2. The predicted octanol–water partition coefficient (Wildman–Crippen LogP) is 2.49. The first-order valence-corrected chi connectivity index (χ1v) is 11.4. The van der Waals surface area contributed by atoms with Gasteiger partial charge in [-0.2, -0.15) is 8.42 Å². The smallest absolute Gasteiger partial charge is 0.870 e. The molecule has 2 aromatic carbocycles. The third kappa shape index (κ3) is 9.51. The van der Waals surface area contributed by atoms with E-state index in [0.29, 0.717) is 17.7 Å². The van der Waals surface area contributed by atoms with Gasteiger partial charge in [0.1, 0.15) is 11.5 Å². The molecule has 0 spiro atoms. The molecule has 0 saturated heterocycles. The predicted molar refractivity (Wildman–Crippen MR) is 109 cm³/mol. The number of hydrogen-bond donors (Lipinski definition) is 1. The van der Waals surface area contributed by atoms with E-state index in [0.717, 1.165) is 19.3 Å².